The Hall–Kier alpha value is -0.0800. The lowest BCUT2D eigenvalue weighted by Crippen LogP contribution is -2.56. The molecule has 2 heteroatoms. The van der Waals surface area contributed by atoms with Crippen LogP contribution in [-0.2, 0) is 0 Å². The van der Waals surface area contributed by atoms with Crippen molar-refractivity contribution in [2.75, 3.05) is 46.9 Å². The second-order valence-corrected chi connectivity index (χ2v) is 5.69. The molecule has 0 amide bonds. The lowest BCUT2D eigenvalue weighted by Gasteiger charge is -2.38. The van der Waals surface area contributed by atoms with E-state index in [0.29, 0.717) is 0 Å². The van der Waals surface area contributed by atoms with E-state index in [2.05, 4.69) is 14.1 Å². The van der Waals surface area contributed by atoms with E-state index in [-0.39, 0.29) is 14.9 Å². The van der Waals surface area contributed by atoms with E-state index in [0.717, 1.165) is 0 Å². The van der Waals surface area contributed by atoms with Crippen molar-refractivity contribution in [2.24, 2.45) is 0 Å². The highest BCUT2D eigenvalue weighted by molar-refractivity contribution is 4.53. The van der Waals surface area contributed by atoms with Gasteiger partial charge in [-0.25, -0.2) is 0 Å². The van der Waals surface area contributed by atoms with Crippen LogP contribution in [0.1, 0.15) is 40.5 Å². The predicted octanol–water partition coefficient (Wildman–Crippen LogP) is 2.70. The molecule has 2 aliphatic rings. The first-order valence-corrected chi connectivity index (χ1v) is 5.79. The predicted molar refractivity (Wildman–Crippen MR) is 68.6 cm³/mol. The average Bonchev–Trinajstić information content (AvgIpc) is 2.60. The van der Waals surface area contributed by atoms with E-state index < -0.39 is 0 Å². The van der Waals surface area contributed by atoms with E-state index in [9.17, 15) is 0 Å². The van der Waals surface area contributed by atoms with Crippen LogP contribution >= 0.6 is 0 Å². The van der Waals surface area contributed by atoms with Crippen molar-refractivity contribution >= 4 is 0 Å². The Balaban J connectivity index is 0.000000980. The quantitative estimate of drug-likeness (QED) is 0.623. The van der Waals surface area contributed by atoms with Gasteiger partial charge < -0.3 is 0 Å². The summed E-state index contributed by atoms with van der Waals surface area (Å²) in [5.41, 5.74) is 0. The number of nitrogens with zero attached hydrogens (tertiary/aromatic N) is 2. The molecule has 0 saturated carbocycles. The molecule has 2 saturated heterocycles. The largest absolute Gasteiger partial charge is 0.280 e. The third kappa shape index (κ3) is 3.46. The molecule has 0 N–H and O–H groups in total. The summed E-state index contributed by atoms with van der Waals surface area (Å²) >= 11 is 0. The molecule has 0 radical (unpaired) electrons. The molecule has 0 unspecified atom stereocenters. The van der Waals surface area contributed by atoms with Crippen molar-refractivity contribution in [2.45, 2.75) is 40.5 Å². The van der Waals surface area contributed by atoms with Gasteiger partial charge in [0.1, 0.15) is 0 Å². The van der Waals surface area contributed by atoms with Crippen LogP contribution in [0, 0.1) is 0 Å². The van der Waals surface area contributed by atoms with Crippen molar-refractivity contribution in [3.8, 4) is 0 Å². The fourth-order valence-electron chi connectivity index (χ4n) is 3.30. The van der Waals surface area contributed by atoms with Crippen LogP contribution in [0.3, 0.4) is 0 Å². The molecule has 2 nitrogen and oxygen atoms in total. The first kappa shape index (κ1) is 14.9. The van der Waals surface area contributed by atoms with Crippen LogP contribution in [0.2, 0.25) is 0 Å². The SMILES string of the molecule is C.C.C[N+]1(C[N+]2(C)CCCC2)CCCC1. The van der Waals surface area contributed by atoms with Crippen LogP contribution in [0.25, 0.3) is 0 Å². The highest BCUT2D eigenvalue weighted by Gasteiger charge is 2.38. The van der Waals surface area contributed by atoms with Gasteiger partial charge in [0.2, 0.25) is 6.67 Å². The molecule has 0 bridgehead atoms. The summed E-state index contributed by atoms with van der Waals surface area (Å²) in [4.78, 5) is 0. The molecule has 15 heavy (non-hydrogen) atoms. The summed E-state index contributed by atoms with van der Waals surface area (Å²) in [6.45, 7) is 7.09. The Morgan fingerprint density at radius 2 is 0.933 bits per heavy atom. The van der Waals surface area contributed by atoms with E-state index in [4.69, 9.17) is 0 Å². The number of hydrogen-bond acceptors (Lipinski definition) is 0. The monoisotopic (exact) mass is 216 g/mol. The van der Waals surface area contributed by atoms with Gasteiger partial charge in [-0.15, -0.1) is 0 Å². The van der Waals surface area contributed by atoms with E-state index >= 15 is 0 Å². The summed E-state index contributed by atoms with van der Waals surface area (Å²) in [5, 5.41) is 0. The van der Waals surface area contributed by atoms with Gasteiger partial charge >= 0.3 is 0 Å². The fourth-order valence-corrected chi connectivity index (χ4v) is 3.30. The molecule has 0 aromatic rings. The van der Waals surface area contributed by atoms with Crippen LogP contribution in [0.15, 0.2) is 0 Å². The van der Waals surface area contributed by atoms with Gasteiger partial charge in [0.05, 0.1) is 40.3 Å². The number of rotatable bonds is 2. The highest BCUT2D eigenvalue weighted by Crippen LogP contribution is 2.23. The lowest BCUT2D eigenvalue weighted by atomic mass is 10.4. The zero-order chi connectivity index (χ0) is 9.36. The number of likely N-dealkylation sites (tertiary alicyclic amines) is 2. The minimum Gasteiger partial charge on any atom is -0.280 e. The molecular weight excluding hydrogens is 184 g/mol. The van der Waals surface area contributed by atoms with Crippen LogP contribution in [-0.4, -0.2) is 55.9 Å². The fraction of sp³-hybridized carbons (Fsp3) is 1.00. The van der Waals surface area contributed by atoms with Gasteiger partial charge in [0.25, 0.3) is 0 Å². The molecule has 0 aromatic carbocycles. The Labute approximate surface area is 97.1 Å². The third-order valence-electron chi connectivity index (χ3n) is 3.97. The Morgan fingerprint density at radius 1 is 0.667 bits per heavy atom. The molecule has 92 valence electrons. The Bertz CT molecular complexity index is 157. The molecule has 0 aromatic heterocycles. The molecule has 2 heterocycles. The first-order valence-electron chi connectivity index (χ1n) is 5.79. The van der Waals surface area contributed by atoms with Crippen molar-refractivity contribution in [1.82, 2.24) is 0 Å². The lowest BCUT2D eigenvalue weighted by molar-refractivity contribution is -1.08. The summed E-state index contributed by atoms with van der Waals surface area (Å²) in [7, 11) is 4.91. The maximum absolute atomic E-state index is 2.45. The molecule has 0 atom stereocenters. The standard InChI is InChI=1S/C11H24N2.2CH4/c1-12(7-3-4-8-12)11-13(2)9-5-6-10-13;;/h3-11H2,1-2H3;2*1H4/q+2;;. The zero-order valence-corrected chi connectivity index (χ0v) is 9.26. The zero-order valence-electron chi connectivity index (χ0n) is 9.26. The molecule has 2 fully saturated rings. The third-order valence-corrected chi connectivity index (χ3v) is 3.97. The number of quaternary nitrogens is 2. The molecule has 2 rings (SSSR count). The van der Waals surface area contributed by atoms with Crippen molar-refractivity contribution in [3.63, 3.8) is 0 Å². The molecule has 0 aliphatic carbocycles. The van der Waals surface area contributed by atoms with Crippen LogP contribution in [0.4, 0.5) is 0 Å². The van der Waals surface area contributed by atoms with E-state index in [1.807, 2.05) is 0 Å². The van der Waals surface area contributed by atoms with Crippen LogP contribution < -0.4 is 0 Å². The second-order valence-electron chi connectivity index (χ2n) is 5.69. The first-order chi connectivity index (χ1) is 6.12. The molecular formula is C13H32N2+2. The average molecular weight is 216 g/mol. The second kappa shape index (κ2) is 5.31. The Morgan fingerprint density at radius 3 is 1.20 bits per heavy atom. The summed E-state index contributed by atoms with van der Waals surface area (Å²) in [6.07, 6.45) is 5.82. The summed E-state index contributed by atoms with van der Waals surface area (Å²) < 4.78 is 2.69. The van der Waals surface area contributed by atoms with E-state index in [1.165, 1.54) is 67.5 Å². The van der Waals surface area contributed by atoms with Gasteiger partial charge in [-0.3, -0.25) is 8.97 Å². The van der Waals surface area contributed by atoms with Gasteiger partial charge in [0.15, 0.2) is 0 Å². The highest BCUT2D eigenvalue weighted by atomic mass is 15.5. The van der Waals surface area contributed by atoms with Crippen molar-refractivity contribution < 1.29 is 8.97 Å². The maximum Gasteiger partial charge on any atom is 0.207 e. The maximum atomic E-state index is 2.45. The Kier molecular flexibility index (Phi) is 5.28. The van der Waals surface area contributed by atoms with E-state index in [1.54, 1.807) is 0 Å². The van der Waals surface area contributed by atoms with Gasteiger partial charge in [0, 0.05) is 25.7 Å². The summed E-state index contributed by atoms with van der Waals surface area (Å²) in [6, 6.07) is 0. The number of hydrogen-bond donors (Lipinski definition) is 0. The summed E-state index contributed by atoms with van der Waals surface area (Å²) in [5.74, 6) is 0. The molecule has 0 spiro atoms. The topological polar surface area (TPSA) is 0 Å². The minimum absolute atomic E-state index is 0. The van der Waals surface area contributed by atoms with Gasteiger partial charge in [-0.1, -0.05) is 14.9 Å². The van der Waals surface area contributed by atoms with Gasteiger partial charge in [-0.2, -0.15) is 0 Å². The van der Waals surface area contributed by atoms with Crippen molar-refractivity contribution in [3.05, 3.63) is 0 Å². The smallest absolute Gasteiger partial charge is 0.207 e. The minimum atomic E-state index is 0. The van der Waals surface area contributed by atoms with Crippen LogP contribution in [0.5, 0.6) is 0 Å². The molecule has 2 aliphatic heterocycles. The van der Waals surface area contributed by atoms with Crippen molar-refractivity contribution in [1.29, 1.82) is 0 Å². The normalized spacial score (nSPS) is 26.8. The van der Waals surface area contributed by atoms with Gasteiger partial charge in [-0.05, 0) is 0 Å².